The fraction of sp³-hybridized carbons (Fsp3) is 0.381. The Labute approximate surface area is 172 Å². The molecule has 0 aromatic heterocycles. The SMILES string of the molecule is COc1ccccc1NS(=O)(=O)c1ccc(C(=O)NCC(C)N(C)C2CC2)cc1. The smallest absolute Gasteiger partial charge is 0.262 e. The number of carbonyl (C=O) groups is 1. The minimum Gasteiger partial charge on any atom is -0.495 e. The summed E-state index contributed by atoms with van der Waals surface area (Å²) >= 11 is 0. The number of anilines is 1. The van der Waals surface area contributed by atoms with Crippen molar-refractivity contribution in [3.05, 3.63) is 54.1 Å². The first-order valence-corrected chi connectivity index (χ1v) is 11.1. The van der Waals surface area contributed by atoms with Gasteiger partial charge in [0.15, 0.2) is 0 Å². The Balaban J connectivity index is 1.63. The van der Waals surface area contributed by atoms with Crippen LogP contribution in [-0.4, -0.2) is 52.0 Å². The Hall–Kier alpha value is -2.58. The molecule has 29 heavy (non-hydrogen) atoms. The summed E-state index contributed by atoms with van der Waals surface area (Å²) in [6, 6.07) is 13.5. The maximum absolute atomic E-state index is 12.6. The molecule has 1 aliphatic carbocycles. The van der Waals surface area contributed by atoms with Crippen molar-refractivity contribution in [1.29, 1.82) is 0 Å². The van der Waals surface area contributed by atoms with Crippen molar-refractivity contribution in [3.8, 4) is 5.75 Å². The van der Waals surface area contributed by atoms with E-state index < -0.39 is 10.0 Å². The van der Waals surface area contributed by atoms with Crippen molar-refractivity contribution in [2.45, 2.75) is 36.7 Å². The molecule has 0 heterocycles. The number of nitrogens with one attached hydrogen (secondary N) is 2. The summed E-state index contributed by atoms with van der Waals surface area (Å²) in [5.74, 6) is 0.208. The number of likely N-dealkylation sites (N-methyl/N-ethyl adjacent to an activating group) is 1. The number of methoxy groups -OCH3 is 1. The third-order valence-corrected chi connectivity index (χ3v) is 6.54. The van der Waals surface area contributed by atoms with Gasteiger partial charge in [-0.2, -0.15) is 0 Å². The molecule has 7 nitrogen and oxygen atoms in total. The fourth-order valence-corrected chi connectivity index (χ4v) is 4.12. The van der Waals surface area contributed by atoms with Gasteiger partial charge in [-0.05, 0) is 63.2 Å². The lowest BCUT2D eigenvalue weighted by molar-refractivity contribution is 0.0939. The Kier molecular flexibility index (Phi) is 6.44. The van der Waals surface area contributed by atoms with Crippen molar-refractivity contribution in [2.24, 2.45) is 0 Å². The molecule has 1 atom stereocenters. The van der Waals surface area contributed by atoms with E-state index in [1.807, 2.05) is 0 Å². The highest BCUT2D eigenvalue weighted by Gasteiger charge is 2.29. The molecular formula is C21H27N3O4S. The topological polar surface area (TPSA) is 87.7 Å². The molecule has 1 saturated carbocycles. The molecule has 0 saturated heterocycles. The Morgan fingerprint density at radius 2 is 1.83 bits per heavy atom. The molecule has 2 aromatic carbocycles. The van der Waals surface area contributed by atoms with Gasteiger partial charge in [0.1, 0.15) is 5.75 Å². The molecule has 0 radical (unpaired) electrons. The van der Waals surface area contributed by atoms with Crippen molar-refractivity contribution < 1.29 is 17.9 Å². The highest BCUT2D eigenvalue weighted by Crippen LogP contribution is 2.27. The van der Waals surface area contributed by atoms with Gasteiger partial charge in [0.05, 0.1) is 17.7 Å². The molecule has 2 aromatic rings. The predicted octanol–water partition coefficient (Wildman–Crippen LogP) is 2.71. The normalized spacial score (nSPS) is 15.0. The highest BCUT2D eigenvalue weighted by atomic mass is 32.2. The zero-order valence-corrected chi connectivity index (χ0v) is 17.7. The number of rotatable bonds is 9. The summed E-state index contributed by atoms with van der Waals surface area (Å²) in [7, 11) is -0.248. The average molecular weight is 418 g/mol. The molecule has 1 aliphatic rings. The van der Waals surface area contributed by atoms with Crippen molar-refractivity contribution in [2.75, 3.05) is 25.4 Å². The minimum absolute atomic E-state index is 0.0711. The average Bonchev–Trinajstić information content (AvgIpc) is 3.56. The largest absolute Gasteiger partial charge is 0.495 e. The lowest BCUT2D eigenvalue weighted by atomic mass is 10.2. The number of sulfonamides is 1. The van der Waals surface area contributed by atoms with Crippen LogP contribution in [0.15, 0.2) is 53.4 Å². The standard InChI is InChI=1S/C21H27N3O4S/c1-15(24(2)17-10-11-17)14-22-21(25)16-8-12-18(13-9-16)29(26,27)23-19-6-4-5-7-20(19)28-3/h4-9,12-13,15,17,23H,10-11,14H2,1-3H3,(H,22,25). The number of amides is 1. The van der Waals surface area contributed by atoms with Gasteiger partial charge in [-0.3, -0.25) is 14.4 Å². The van der Waals surface area contributed by atoms with E-state index in [0.717, 1.165) is 0 Å². The van der Waals surface area contributed by atoms with Crippen molar-refractivity contribution in [1.82, 2.24) is 10.2 Å². The van der Waals surface area contributed by atoms with Crippen LogP contribution in [0.4, 0.5) is 5.69 Å². The van der Waals surface area contributed by atoms with Gasteiger partial charge in [-0.1, -0.05) is 12.1 Å². The van der Waals surface area contributed by atoms with E-state index in [9.17, 15) is 13.2 Å². The lowest BCUT2D eigenvalue weighted by Crippen LogP contribution is -2.41. The Morgan fingerprint density at radius 3 is 2.45 bits per heavy atom. The first kappa shape index (κ1) is 21.1. The summed E-state index contributed by atoms with van der Waals surface area (Å²) < 4.78 is 33.0. The molecule has 1 amide bonds. The fourth-order valence-electron chi connectivity index (χ4n) is 3.05. The van der Waals surface area contributed by atoms with Gasteiger partial charge in [0.2, 0.25) is 0 Å². The van der Waals surface area contributed by atoms with E-state index in [4.69, 9.17) is 4.74 Å². The summed E-state index contributed by atoms with van der Waals surface area (Å²) in [4.78, 5) is 14.7. The van der Waals surface area contributed by atoms with Crippen LogP contribution in [-0.2, 0) is 10.0 Å². The molecule has 0 aliphatic heterocycles. The third-order valence-electron chi connectivity index (χ3n) is 5.15. The van der Waals surface area contributed by atoms with Crippen molar-refractivity contribution >= 4 is 21.6 Å². The number of carbonyl (C=O) groups excluding carboxylic acids is 1. The molecule has 0 bridgehead atoms. The number of hydrogen-bond acceptors (Lipinski definition) is 5. The minimum atomic E-state index is -3.80. The number of ether oxygens (including phenoxy) is 1. The number of para-hydroxylation sites is 2. The molecule has 8 heteroatoms. The van der Waals surface area contributed by atoms with Crippen LogP contribution in [0.2, 0.25) is 0 Å². The number of hydrogen-bond donors (Lipinski definition) is 2. The van der Waals surface area contributed by atoms with Crippen LogP contribution < -0.4 is 14.8 Å². The first-order chi connectivity index (χ1) is 13.8. The monoisotopic (exact) mass is 417 g/mol. The van der Waals surface area contributed by atoms with E-state index in [-0.39, 0.29) is 16.8 Å². The quantitative estimate of drug-likeness (QED) is 0.655. The maximum atomic E-state index is 12.6. The molecule has 1 fully saturated rings. The third kappa shape index (κ3) is 5.27. The molecule has 156 valence electrons. The van der Waals surface area contributed by atoms with Crippen molar-refractivity contribution in [3.63, 3.8) is 0 Å². The number of nitrogens with zero attached hydrogens (tertiary/aromatic N) is 1. The van der Waals surface area contributed by atoms with Gasteiger partial charge < -0.3 is 10.1 Å². The van der Waals surface area contributed by atoms with Crippen LogP contribution >= 0.6 is 0 Å². The van der Waals surface area contributed by atoms with Crippen LogP contribution in [0.3, 0.4) is 0 Å². The van der Waals surface area contributed by atoms with Gasteiger partial charge in [-0.15, -0.1) is 0 Å². The predicted molar refractivity (Wildman–Crippen MR) is 113 cm³/mol. The molecule has 3 rings (SSSR count). The van der Waals surface area contributed by atoms with E-state index in [0.29, 0.717) is 29.6 Å². The summed E-state index contributed by atoms with van der Waals surface area (Å²) in [6.07, 6.45) is 2.43. The highest BCUT2D eigenvalue weighted by molar-refractivity contribution is 7.92. The van der Waals surface area contributed by atoms with E-state index in [1.165, 1.54) is 44.2 Å². The Bertz CT molecular complexity index is 956. The number of benzene rings is 2. The second-order valence-electron chi connectivity index (χ2n) is 7.29. The van der Waals surface area contributed by atoms with Crippen LogP contribution in [0.25, 0.3) is 0 Å². The summed E-state index contributed by atoms with van der Waals surface area (Å²) in [6.45, 7) is 2.62. The Morgan fingerprint density at radius 1 is 1.17 bits per heavy atom. The molecule has 2 N–H and O–H groups in total. The van der Waals surface area contributed by atoms with Gasteiger partial charge in [0.25, 0.3) is 15.9 Å². The second kappa shape index (κ2) is 8.84. The zero-order valence-electron chi connectivity index (χ0n) is 16.9. The first-order valence-electron chi connectivity index (χ1n) is 9.58. The van der Waals surface area contributed by atoms with Gasteiger partial charge in [-0.25, -0.2) is 8.42 Å². The van der Waals surface area contributed by atoms with Gasteiger partial charge >= 0.3 is 0 Å². The molecular weight excluding hydrogens is 390 g/mol. The van der Waals surface area contributed by atoms with E-state index in [2.05, 4.69) is 28.9 Å². The van der Waals surface area contributed by atoms with Crippen LogP contribution in [0, 0.1) is 0 Å². The maximum Gasteiger partial charge on any atom is 0.262 e. The molecule has 1 unspecified atom stereocenters. The zero-order chi connectivity index (χ0) is 21.0. The lowest BCUT2D eigenvalue weighted by Gasteiger charge is -2.24. The second-order valence-corrected chi connectivity index (χ2v) is 8.97. The molecule has 0 spiro atoms. The van der Waals surface area contributed by atoms with E-state index >= 15 is 0 Å². The van der Waals surface area contributed by atoms with Crippen LogP contribution in [0.5, 0.6) is 5.75 Å². The summed E-state index contributed by atoms with van der Waals surface area (Å²) in [5, 5.41) is 2.91. The summed E-state index contributed by atoms with van der Waals surface area (Å²) in [5.41, 5.74) is 0.771. The van der Waals surface area contributed by atoms with E-state index in [1.54, 1.807) is 24.3 Å². The van der Waals surface area contributed by atoms with Gasteiger partial charge in [0, 0.05) is 24.2 Å². The van der Waals surface area contributed by atoms with Crippen LogP contribution in [0.1, 0.15) is 30.1 Å².